The highest BCUT2D eigenvalue weighted by atomic mass is 16.5. The van der Waals surface area contributed by atoms with Gasteiger partial charge in [-0.3, -0.25) is 4.79 Å². The first-order valence-corrected chi connectivity index (χ1v) is 9.85. The van der Waals surface area contributed by atoms with Gasteiger partial charge in [-0.2, -0.15) is 5.10 Å². The van der Waals surface area contributed by atoms with Crippen LogP contribution in [0.2, 0.25) is 0 Å². The molecule has 1 N–H and O–H groups in total. The summed E-state index contributed by atoms with van der Waals surface area (Å²) in [6.45, 7) is 6.19. The number of rotatable bonds is 8. The molecular weight excluding hydrogens is 376 g/mol. The van der Waals surface area contributed by atoms with Crippen LogP contribution in [0, 0.1) is 13.8 Å². The number of aryl methyl sites for hydroxylation is 2. The standard InChI is InChI=1S/C25H26N2O3/c1-18-13-14-23(15-19(18)2)30-20(3)25(28)27-26-16-22-11-7-8-12-24(22)29-17-21-9-5-4-6-10-21/h4-16,20H,17H2,1-3H3,(H,27,28)/b26-16+. The zero-order chi connectivity index (χ0) is 21.3. The second-order valence-electron chi connectivity index (χ2n) is 7.05. The summed E-state index contributed by atoms with van der Waals surface area (Å²) < 4.78 is 11.6. The van der Waals surface area contributed by atoms with E-state index in [0.29, 0.717) is 18.1 Å². The Labute approximate surface area is 177 Å². The van der Waals surface area contributed by atoms with Crippen LogP contribution in [0.4, 0.5) is 0 Å². The Morgan fingerprint density at radius 1 is 1.00 bits per heavy atom. The van der Waals surface area contributed by atoms with E-state index in [1.807, 2.05) is 86.6 Å². The van der Waals surface area contributed by atoms with Crippen molar-refractivity contribution in [2.75, 3.05) is 0 Å². The second-order valence-corrected chi connectivity index (χ2v) is 7.05. The Hall–Kier alpha value is -3.60. The number of ether oxygens (including phenoxy) is 2. The molecule has 0 fully saturated rings. The van der Waals surface area contributed by atoms with Gasteiger partial charge >= 0.3 is 0 Å². The Morgan fingerprint density at radius 2 is 1.73 bits per heavy atom. The molecule has 3 aromatic rings. The molecule has 1 atom stereocenters. The summed E-state index contributed by atoms with van der Waals surface area (Å²) in [5, 5.41) is 4.07. The molecule has 5 nitrogen and oxygen atoms in total. The van der Waals surface area contributed by atoms with Crippen molar-refractivity contribution in [1.29, 1.82) is 0 Å². The topological polar surface area (TPSA) is 59.9 Å². The fourth-order valence-corrected chi connectivity index (χ4v) is 2.76. The highest BCUT2D eigenvalue weighted by molar-refractivity contribution is 5.86. The number of hydrogen-bond acceptors (Lipinski definition) is 4. The van der Waals surface area contributed by atoms with Crippen molar-refractivity contribution < 1.29 is 14.3 Å². The third-order valence-electron chi connectivity index (χ3n) is 4.70. The van der Waals surface area contributed by atoms with Crippen molar-refractivity contribution in [2.24, 2.45) is 5.10 Å². The summed E-state index contributed by atoms with van der Waals surface area (Å²) in [5.74, 6) is 1.02. The van der Waals surface area contributed by atoms with E-state index in [0.717, 1.165) is 16.7 Å². The number of amides is 1. The fourth-order valence-electron chi connectivity index (χ4n) is 2.76. The number of carbonyl (C=O) groups is 1. The van der Waals surface area contributed by atoms with Crippen LogP contribution in [0.1, 0.15) is 29.2 Å². The summed E-state index contributed by atoms with van der Waals surface area (Å²) in [4.78, 5) is 12.3. The normalized spacial score (nSPS) is 11.8. The SMILES string of the molecule is Cc1ccc(OC(C)C(=O)N/N=C/c2ccccc2OCc2ccccc2)cc1C. The number of carbonyl (C=O) groups excluding carboxylic acids is 1. The van der Waals surface area contributed by atoms with Crippen LogP contribution in [0.5, 0.6) is 11.5 Å². The van der Waals surface area contributed by atoms with Gasteiger partial charge in [-0.1, -0.05) is 48.5 Å². The van der Waals surface area contributed by atoms with Crippen LogP contribution in [-0.4, -0.2) is 18.2 Å². The molecule has 5 heteroatoms. The molecule has 0 radical (unpaired) electrons. The van der Waals surface area contributed by atoms with E-state index in [4.69, 9.17) is 9.47 Å². The van der Waals surface area contributed by atoms with Gasteiger partial charge in [0.1, 0.15) is 18.1 Å². The van der Waals surface area contributed by atoms with E-state index in [9.17, 15) is 4.79 Å². The number of nitrogens with one attached hydrogen (secondary N) is 1. The molecule has 30 heavy (non-hydrogen) atoms. The molecule has 1 unspecified atom stereocenters. The molecule has 0 aliphatic carbocycles. The molecule has 3 aromatic carbocycles. The van der Waals surface area contributed by atoms with Crippen LogP contribution < -0.4 is 14.9 Å². The summed E-state index contributed by atoms with van der Waals surface area (Å²) in [6.07, 6.45) is 0.898. The first-order chi connectivity index (χ1) is 14.5. The minimum atomic E-state index is -0.672. The Morgan fingerprint density at radius 3 is 2.50 bits per heavy atom. The summed E-state index contributed by atoms with van der Waals surface area (Å²) >= 11 is 0. The molecule has 0 saturated heterocycles. The van der Waals surface area contributed by atoms with E-state index in [1.54, 1.807) is 13.1 Å². The van der Waals surface area contributed by atoms with Gasteiger partial charge in [0.25, 0.3) is 5.91 Å². The van der Waals surface area contributed by atoms with Crippen molar-refractivity contribution in [2.45, 2.75) is 33.5 Å². The Balaban J connectivity index is 1.56. The van der Waals surface area contributed by atoms with E-state index in [2.05, 4.69) is 10.5 Å². The lowest BCUT2D eigenvalue weighted by Gasteiger charge is -2.14. The van der Waals surface area contributed by atoms with Gasteiger partial charge in [-0.15, -0.1) is 0 Å². The smallest absolute Gasteiger partial charge is 0.280 e. The van der Waals surface area contributed by atoms with Crippen LogP contribution in [0.15, 0.2) is 77.9 Å². The lowest BCUT2D eigenvalue weighted by Crippen LogP contribution is -2.33. The average molecular weight is 402 g/mol. The number of nitrogens with zero attached hydrogens (tertiary/aromatic N) is 1. The monoisotopic (exact) mass is 402 g/mol. The number of hydrogen-bond donors (Lipinski definition) is 1. The molecule has 0 bridgehead atoms. The predicted octanol–water partition coefficient (Wildman–Crippen LogP) is 4.80. The summed E-state index contributed by atoms with van der Waals surface area (Å²) in [5.41, 5.74) is 6.68. The largest absolute Gasteiger partial charge is 0.488 e. The maximum atomic E-state index is 12.3. The van der Waals surface area contributed by atoms with Crippen molar-refractivity contribution >= 4 is 12.1 Å². The Kier molecular flexibility index (Phi) is 7.22. The summed E-state index contributed by atoms with van der Waals surface area (Å²) in [6, 6.07) is 23.2. The van der Waals surface area contributed by atoms with Crippen LogP contribution in [-0.2, 0) is 11.4 Å². The van der Waals surface area contributed by atoms with Gasteiger partial charge < -0.3 is 9.47 Å². The highest BCUT2D eigenvalue weighted by Crippen LogP contribution is 2.19. The van der Waals surface area contributed by atoms with E-state index in [1.165, 1.54) is 5.56 Å². The molecule has 0 aliphatic heterocycles. The zero-order valence-corrected chi connectivity index (χ0v) is 17.5. The van der Waals surface area contributed by atoms with Gasteiger partial charge in [-0.25, -0.2) is 5.43 Å². The third kappa shape index (κ3) is 5.95. The van der Waals surface area contributed by atoms with E-state index in [-0.39, 0.29) is 5.91 Å². The number of para-hydroxylation sites is 1. The third-order valence-corrected chi connectivity index (χ3v) is 4.70. The van der Waals surface area contributed by atoms with Crippen molar-refractivity contribution in [1.82, 2.24) is 5.43 Å². The highest BCUT2D eigenvalue weighted by Gasteiger charge is 2.14. The average Bonchev–Trinajstić information content (AvgIpc) is 2.76. The minimum Gasteiger partial charge on any atom is -0.488 e. The molecule has 0 spiro atoms. The fraction of sp³-hybridized carbons (Fsp3) is 0.200. The first-order valence-electron chi connectivity index (χ1n) is 9.85. The van der Waals surface area contributed by atoms with Crippen molar-refractivity contribution in [3.05, 3.63) is 95.1 Å². The van der Waals surface area contributed by atoms with Crippen LogP contribution >= 0.6 is 0 Å². The van der Waals surface area contributed by atoms with Crippen LogP contribution in [0.25, 0.3) is 0 Å². The predicted molar refractivity (Wildman–Crippen MR) is 119 cm³/mol. The molecule has 154 valence electrons. The quantitative estimate of drug-likeness (QED) is 0.435. The maximum absolute atomic E-state index is 12.3. The van der Waals surface area contributed by atoms with Crippen molar-refractivity contribution in [3.63, 3.8) is 0 Å². The number of benzene rings is 3. The molecule has 0 saturated carbocycles. The maximum Gasteiger partial charge on any atom is 0.280 e. The summed E-state index contributed by atoms with van der Waals surface area (Å²) in [7, 11) is 0. The van der Waals surface area contributed by atoms with E-state index >= 15 is 0 Å². The second kappa shape index (κ2) is 10.3. The van der Waals surface area contributed by atoms with Gasteiger partial charge in [0.15, 0.2) is 6.10 Å². The molecule has 0 aromatic heterocycles. The van der Waals surface area contributed by atoms with Gasteiger partial charge in [0.05, 0.1) is 6.21 Å². The van der Waals surface area contributed by atoms with Crippen molar-refractivity contribution in [3.8, 4) is 11.5 Å². The first kappa shape index (κ1) is 21.1. The minimum absolute atomic E-state index is 0.327. The lowest BCUT2D eigenvalue weighted by atomic mass is 10.1. The lowest BCUT2D eigenvalue weighted by molar-refractivity contribution is -0.127. The molecule has 1 amide bonds. The number of hydrazone groups is 1. The molecule has 0 heterocycles. The molecule has 3 rings (SSSR count). The van der Waals surface area contributed by atoms with Crippen LogP contribution in [0.3, 0.4) is 0 Å². The molecule has 0 aliphatic rings. The van der Waals surface area contributed by atoms with Gasteiger partial charge in [0, 0.05) is 5.56 Å². The van der Waals surface area contributed by atoms with Gasteiger partial charge in [0.2, 0.25) is 0 Å². The zero-order valence-electron chi connectivity index (χ0n) is 17.5. The van der Waals surface area contributed by atoms with Gasteiger partial charge in [-0.05, 0) is 61.7 Å². The van der Waals surface area contributed by atoms with E-state index < -0.39 is 6.10 Å². The molecular formula is C25H26N2O3. The Bertz CT molecular complexity index is 1020.